The van der Waals surface area contributed by atoms with Crippen LogP contribution in [0.3, 0.4) is 0 Å². The summed E-state index contributed by atoms with van der Waals surface area (Å²) < 4.78 is 0. The molecule has 0 amide bonds. The van der Waals surface area contributed by atoms with Crippen molar-refractivity contribution in [1.82, 2.24) is 0 Å². The maximum atomic E-state index is 8.23. The highest BCUT2D eigenvalue weighted by Crippen LogP contribution is 2.41. The van der Waals surface area contributed by atoms with Crippen molar-refractivity contribution >= 4 is 0 Å². The Kier molecular flexibility index (Phi) is 2.19. The SMILES string of the molecule is [N-]=[N+]=NCc1ccccc1C1CC1. The molecule has 3 heteroatoms. The maximum absolute atomic E-state index is 8.23. The normalized spacial score (nSPS) is 15.1. The Morgan fingerprint density at radius 2 is 2.15 bits per heavy atom. The van der Waals surface area contributed by atoms with E-state index in [1.807, 2.05) is 18.2 Å². The van der Waals surface area contributed by atoms with Gasteiger partial charge in [-0.3, -0.25) is 0 Å². The molecule has 1 aliphatic carbocycles. The van der Waals surface area contributed by atoms with Crippen LogP contribution in [0.25, 0.3) is 10.4 Å². The van der Waals surface area contributed by atoms with Crippen LogP contribution in [-0.2, 0) is 6.54 Å². The van der Waals surface area contributed by atoms with Crippen molar-refractivity contribution in [2.75, 3.05) is 0 Å². The van der Waals surface area contributed by atoms with Gasteiger partial charge in [-0.1, -0.05) is 29.4 Å². The van der Waals surface area contributed by atoms with E-state index < -0.39 is 0 Å². The van der Waals surface area contributed by atoms with Crippen molar-refractivity contribution in [2.45, 2.75) is 25.3 Å². The number of hydrogen-bond donors (Lipinski definition) is 0. The molecule has 1 saturated carbocycles. The Morgan fingerprint density at radius 3 is 2.85 bits per heavy atom. The van der Waals surface area contributed by atoms with Crippen LogP contribution in [0.15, 0.2) is 29.4 Å². The number of nitrogens with zero attached hydrogens (tertiary/aromatic N) is 3. The van der Waals surface area contributed by atoms with Crippen LogP contribution >= 0.6 is 0 Å². The van der Waals surface area contributed by atoms with Crippen molar-refractivity contribution in [3.63, 3.8) is 0 Å². The summed E-state index contributed by atoms with van der Waals surface area (Å²) in [6.45, 7) is 0.489. The fraction of sp³-hybridized carbons (Fsp3) is 0.400. The molecule has 0 atom stereocenters. The van der Waals surface area contributed by atoms with E-state index in [0.29, 0.717) is 6.54 Å². The molecule has 0 unspecified atom stereocenters. The molecule has 1 aromatic rings. The Bertz CT molecular complexity index is 349. The van der Waals surface area contributed by atoms with Gasteiger partial charge in [-0.2, -0.15) is 0 Å². The lowest BCUT2D eigenvalue weighted by atomic mass is 10.0. The third-order valence-electron chi connectivity index (χ3n) is 2.38. The number of benzene rings is 1. The lowest BCUT2D eigenvalue weighted by Gasteiger charge is -2.04. The third kappa shape index (κ3) is 1.82. The Balaban J connectivity index is 2.25. The molecule has 1 aromatic carbocycles. The van der Waals surface area contributed by atoms with Gasteiger partial charge in [0.15, 0.2) is 0 Å². The van der Waals surface area contributed by atoms with Gasteiger partial charge in [-0.15, -0.1) is 0 Å². The summed E-state index contributed by atoms with van der Waals surface area (Å²) in [5.74, 6) is 0.727. The highest BCUT2D eigenvalue weighted by Gasteiger charge is 2.24. The fourth-order valence-electron chi connectivity index (χ4n) is 1.58. The van der Waals surface area contributed by atoms with Gasteiger partial charge in [-0.25, -0.2) is 0 Å². The molecule has 0 N–H and O–H groups in total. The number of hydrogen-bond acceptors (Lipinski definition) is 1. The summed E-state index contributed by atoms with van der Waals surface area (Å²) in [7, 11) is 0. The minimum absolute atomic E-state index is 0.489. The van der Waals surface area contributed by atoms with Crippen LogP contribution < -0.4 is 0 Å². The van der Waals surface area contributed by atoms with Gasteiger partial charge in [0.25, 0.3) is 0 Å². The van der Waals surface area contributed by atoms with Crippen molar-refractivity contribution in [2.24, 2.45) is 5.11 Å². The molecular weight excluding hydrogens is 162 g/mol. The highest BCUT2D eigenvalue weighted by molar-refractivity contribution is 5.33. The third-order valence-corrected chi connectivity index (χ3v) is 2.38. The van der Waals surface area contributed by atoms with Gasteiger partial charge in [0.2, 0.25) is 0 Å². The minimum atomic E-state index is 0.489. The van der Waals surface area contributed by atoms with Crippen molar-refractivity contribution in [3.05, 3.63) is 45.8 Å². The number of rotatable bonds is 3. The van der Waals surface area contributed by atoms with E-state index in [4.69, 9.17) is 5.53 Å². The van der Waals surface area contributed by atoms with E-state index in [1.165, 1.54) is 24.0 Å². The lowest BCUT2D eigenvalue weighted by Crippen LogP contribution is -1.88. The largest absolute Gasteiger partial charge is 0.0893 e. The molecular formula is C10H11N3. The van der Waals surface area contributed by atoms with Crippen molar-refractivity contribution in [3.8, 4) is 0 Å². The van der Waals surface area contributed by atoms with Crippen LogP contribution in [0, 0.1) is 0 Å². The van der Waals surface area contributed by atoms with Crippen molar-refractivity contribution in [1.29, 1.82) is 0 Å². The topological polar surface area (TPSA) is 48.8 Å². The van der Waals surface area contributed by atoms with Crippen LogP contribution in [0.2, 0.25) is 0 Å². The standard InChI is InChI=1S/C10H11N3/c11-13-12-7-9-3-1-2-4-10(9)8-5-6-8/h1-4,8H,5-7H2. The molecule has 2 rings (SSSR count). The Hall–Kier alpha value is -1.47. The van der Waals surface area contributed by atoms with E-state index in [0.717, 1.165) is 5.92 Å². The molecule has 1 fully saturated rings. The van der Waals surface area contributed by atoms with Gasteiger partial charge in [-0.05, 0) is 35.4 Å². The molecule has 0 bridgehead atoms. The van der Waals surface area contributed by atoms with E-state index >= 15 is 0 Å². The lowest BCUT2D eigenvalue weighted by molar-refractivity contribution is 0.985. The van der Waals surface area contributed by atoms with Crippen LogP contribution in [0.4, 0.5) is 0 Å². The Morgan fingerprint density at radius 1 is 1.38 bits per heavy atom. The molecule has 66 valence electrons. The monoisotopic (exact) mass is 173 g/mol. The first kappa shape index (κ1) is 8.14. The summed E-state index contributed by atoms with van der Waals surface area (Å²) in [6, 6.07) is 8.23. The summed E-state index contributed by atoms with van der Waals surface area (Å²) in [4.78, 5) is 2.78. The summed E-state index contributed by atoms with van der Waals surface area (Å²) >= 11 is 0. The first-order valence-corrected chi connectivity index (χ1v) is 4.50. The second-order valence-electron chi connectivity index (χ2n) is 3.36. The number of azide groups is 1. The first-order chi connectivity index (χ1) is 6.42. The van der Waals surface area contributed by atoms with Gasteiger partial charge in [0.1, 0.15) is 0 Å². The molecule has 0 saturated heterocycles. The van der Waals surface area contributed by atoms with Gasteiger partial charge >= 0.3 is 0 Å². The quantitative estimate of drug-likeness (QED) is 0.382. The average Bonchev–Trinajstić information content (AvgIpc) is 2.98. The molecule has 0 heterocycles. The fourth-order valence-corrected chi connectivity index (χ4v) is 1.58. The molecule has 0 aliphatic heterocycles. The molecule has 1 aliphatic rings. The molecule has 0 aromatic heterocycles. The van der Waals surface area contributed by atoms with E-state index in [2.05, 4.69) is 16.1 Å². The van der Waals surface area contributed by atoms with Gasteiger partial charge in [0.05, 0.1) is 6.54 Å². The summed E-state index contributed by atoms with van der Waals surface area (Å²) in [6.07, 6.45) is 2.57. The predicted octanol–water partition coefficient (Wildman–Crippen LogP) is 3.37. The zero-order chi connectivity index (χ0) is 9.10. The zero-order valence-electron chi connectivity index (χ0n) is 7.35. The molecule has 0 spiro atoms. The highest BCUT2D eigenvalue weighted by atomic mass is 15.1. The second kappa shape index (κ2) is 3.50. The van der Waals surface area contributed by atoms with Crippen LogP contribution in [0.5, 0.6) is 0 Å². The second-order valence-corrected chi connectivity index (χ2v) is 3.36. The Labute approximate surface area is 77.0 Å². The zero-order valence-corrected chi connectivity index (χ0v) is 7.35. The van der Waals surface area contributed by atoms with E-state index in [-0.39, 0.29) is 0 Å². The van der Waals surface area contributed by atoms with E-state index in [1.54, 1.807) is 0 Å². The van der Waals surface area contributed by atoms with Crippen LogP contribution in [-0.4, -0.2) is 0 Å². The predicted molar refractivity (Wildman–Crippen MR) is 51.3 cm³/mol. The molecule has 3 nitrogen and oxygen atoms in total. The molecule has 13 heavy (non-hydrogen) atoms. The average molecular weight is 173 g/mol. The van der Waals surface area contributed by atoms with Gasteiger partial charge < -0.3 is 0 Å². The molecule has 0 radical (unpaired) electrons. The van der Waals surface area contributed by atoms with Crippen molar-refractivity contribution < 1.29 is 0 Å². The first-order valence-electron chi connectivity index (χ1n) is 4.50. The summed E-state index contributed by atoms with van der Waals surface area (Å²) in [5, 5.41) is 3.59. The van der Waals surface area contributed by atoms with E-state index in [9.17, 15) is 0 Å². The maximum Gasteiger partial charge on any atom is 0.0513 e. The van der Waals surface area contributed by atoms with Gasteiger partial charge in [0, 0.05) is 4.91 Å². The minimum Gasteiger partial charge on any atom is -0.0893 e. The smallest absolute Gasteiger partial charge is 0.0513 e. The summed E-state index contributed by atoms with van der Waals surface area (Å²) in [5.41, 5.74) is 10.8. The van der Waals surface area contributed by atoms with Crippen LogP contribution in [0.1, 0.15) is 29.9 Å².